The number of likely N-dealkylation sites (N-methyl/N-ethyl adjacent to an activating group) is 1. The van der Waals surface area contributed by atoms with Crippen molar-refractivity contribution in [2.24, 2.45) is 0 Å². The van der Waals surface area contributed by atoms with Crippen LogP contribution in [-0.4, -0.2) is 43.2 Å². The summed E-state index contributed by atoms with van der Waals surface area (Å²) in [4.78, 5) is 13.6. The Morgan fingerprint density at radius 3 is 2.68 bits per heavy atom. The van der Waals surface area contributed by atoms with Crippen molar-refractivity contribution in [3.05, 3.63) is 23.8 Å². The largest absolute Gasteiger partial charge is 0.484 e. The van der Waals surface area contributed by atoms with Gasteiger partial charge in [-0.25, -0.2) is 0 Å². The Bertz CT molecular complexity index is 542. The number of nitrogens with one attached hydrogen (secondary N) is 1. The highest BCUT2D eigenvalue weighted by atomic mass is 19.4. The molecule has 1 amide bonds. The van der Waals surface area contributed by atoms with Gasteiger partial charge in [-0.15, -0.1) is 0 Å². The fraction of sp³-hybridized carbons (Fsp3) is 0.533. The third kappa shape index (κ3) is 4.54. The van der Waals surface area contributed by atoms with Crippen molar-refractivity contribution in [3.63, 3.8) is 0 Å². The zero-order chi connectivity index (χ0) is 16.3. The number of benzene rings is 1. The highest BCUT2D eigenvalue weighted by Gasteiger charge is 2.30. The molecule has 1 aliphatic carbocycles. The van der Waals surface area contributed by atoms with Crippen LogP contribution in [0.15, 0.2) is 18.2 Å². The summed E-state index contributed by atoms with van der Waals surface area (Å²) >= 11 is 0. The van der Waals surface area contributed by atoms with Gasteiger partial charge in [-0.1, -0.05) is 6.07 Å². The van der Waals surface area contributed by atoms with Crippen molar-refractivity contribution in [1.29, 1.82) is 0 Å². The molecule has 1 aromatic rings. The Morgan fingerprint density at radius 2 is 2.09 bits per heavy atom. The summed E-state index contributed by atoms with van der Waals surface area (Å²) in [6.07, 6.45) is -2.32. The number of hydrogen-bond donors (Lipinski definition) is 1. The van der Waals surface area contributed by atoms with Gasteiger partial charge in [0.1, 0.15) is 5.75 Å². The summed E-state index contributed by atoms with van der Waals surface area (Å²) in [5, 5.41) is 2.96. The molecule has 0 unspecified atom stereocenters. The van der Waals surface area contributed by atoms with Crippen LogP contribution in [0, 0.1) is 6.92 Å². The van der Waals surface area contributed by atoms with E-state index in [1.54, 1.807) is 31.0 Å². The Morgan fingerprint density at radius 1 is 1.41 bits per heavy atom. The fourth-order valence-corrected chi connectivity index (χ4v) is 2.08. The van der Waals surface area contributed by atoms with E-state index in [2.05, 4.69) is 5.32 Å². The Balaban J connectivity index is 1.94. The van der Waals surface area contributed by atoms with Gasteiger partial charge < -0.3 is 15.0 Å². The molecule has 1 aromatic carbocycles. The number of rotatable bonds is 6. The Labute approximate surface area is 127 Å². The van der Waals surface area contributed by atoms with Crippen LogP contribution in [0.5, 0.6) is 5.75 Å². The molecule has 0 spiro atoms. The summed E-state index contributed by atoms with van der Waals surface area (Å²) in [6, 6.07) is 5.11. The van der Waals surface area contributed by atoms with E-state index in [9.17, 15) is 18.0 Å². The van der Waals surface area contributed by atoms with Crippen molar-refractivity contribution < 1.29 is 22.7 Å². The topological polar surface area (TPSA) is 41.6 Å². The molecule has 1 fully saturated rings. The SMILES string of the molecule is Cc1c(NCC(=O)N(C)C2CC2)cccc1OCC(F)(F)F. The number of amides is 1. The van der Waals surface area contributed by atoms with Gasteiger partial charge in [-0.3, -0.25) is 4.79 Å². The minimum Gasteiger partial charge on any atom is -0.484 e. The second kappa shape index (κ2) is 6.46. The summed E-state index contributed by atoms with van der Waals surface area (Å²) in [5.74, 6) is 0.119. The number of nitrogens with zero attached hydrogens (tertiary/aromatic N) is 1. The van der Waals surface area contributed by atoms with Crippen molar-refractivity contribution in [2.75, 3.05) is 25.5 Å². The van der Waals surface area contributed by atoms with E-state index in [1.807, 2.05) is 0 Å². The lowest BCUT2D eigenvalue weighted by Gasteiger charge is -2.18. The number of carbonyl (C=O) groups is 1. The number of halogens is 3. The van der Waals surface area contributed by atoms with E-state index >= 15 is 0 Å². The standard InChI is InChI=1S/C15H19F3N2O2/c1-10-12(19-8-14(21)20(2)11-6-7-11)4-3-5-13(10)22-9-15(16,17)18/h3-5,11,19H,6-9H2,1-2H3. The lowest BCUT2D eigenvalue weighted by Crippen LogP contribution is -2.33. The number of alkyl halides is 3. The maximum absolute atomic E-state index is 12.2. The number of carbonyl (C=O) groups excluding carboxylic acids is 1. The molecule has 0 atom stereocenters. The highest BCUT2D eigenvalue weighted by molar-refractivity contribution is 5.81. The third-order valence-electron chi connectivity index (χ3n) is 3.59. The number of anilines is 1. The first-order chi connectivity index (χ1) is 10.3. The van der Waals surface area contributed by atoms with Gasteiger partial charge >= 0.3 is 6.18 Å². The van der Waals surface area contributed by atoms with Gasteiger partial charge in [-0.2, -0.15) is 13.2 Å². The first kappa shape index (κ1) is 16.5. The predicted molar refractivity (Wildman–Crippen MR) is 77.0 cm³/mol. The smallest absolute Gasteiger partial charge is 0.422 e. The zero-order valence-electron chi connectivity index (χ0n) is 12.5. The maximum atomic E-state index is 12.2. The summed E-state index contributed by atoms with van der Waals surface area (Å²) in [6.45, 7) is 0.431. The van der Waals surface area contributed by atoms with Crippen LogP contribution in [0.4, 0.5) is 18.9 Å². The van der Waals surface area contributed by atoms with Crippen LogP contribution in [0.3, 0.4) is 0 Å². The molecule has 7 heteroatoms. The van der Waals surface area contributed by atoms with Gasteiger partial charge in [0, 0.05) is 24.3 Å². The minimum atomic E-state index is -4.38. The average Bonchev–Trinajstić information content (AvgIpc) is 3.27. The molecular formula is C15H19F3N2O2. The van der Waals surface area contributed by atoms with Gasteiger partial charge in [-0.05, 0) is 31.9 Å². The molecular weight excluding hydrogens is 297 g/mol. The Kier molecular flexibility index (Phi) is 4.83. The number of hydrogen-bond acceptors (Lipinski definition) is 3. The summed E-state index contributed by atoms with van der Waals surface area (Å²) < 4.78 is 41.4. The van der Waals surface area contributed by atoms with Gasteiger partial charge in [0.2, 0.25) is 5.91 Å². The molecule has 0 saturated heterocycles. The van der Waals surface area contributed by atoms with Gasteiger partial charge in [0.15, 0.2) is 6.61 Å². The van der Waals surface area contributed by atoms with E-state index < -0.39 is 12.8 Å². The van der Waals surface area contributed by atoms with Crippen LogP contribution in [0.1, 0.15) is 18.4 Å². The molecule has 0 heterocycles. The minimum absolute atomic E-state index is 0.0384. The first-order valence-electron chi connectivity index (χ1n) is 7.06. The average molecular weight is 316 g/mol. The summed E-state index contributed by atoms with van der Waals surface area (Å²) in [5.41, 5.74) is 1.14. The van der Waals surface area contributed by atoms with Crippen LogP contribution >= 0.6 is 0 Å². The lowest BCUT2D eigenvalue weighted by molar-refractivity contribution is -0.153. The zero-order valence-corrected chi connectivity index (χ0v) is 12.5. The van der Waals surface area contributed by atoms with E-state index in [0.29, 0.717) is 17.3 Å². The fourth-order valence-electron chi connectivity index (χ4n) is 2.08. The molecule has 0 aromatic heterocycles. The van der Waals surface area contributed by atoms with Crippen molar-refractivity contribution in [1.82, 2.24) is 4.90 Å². The van der Waals surface area contributed by atoms with Gasteiger partial charge in [0.05, 0.1) is 6.54 Å². The van der Waals surface area contributed by atoms with Crippen LogP contribution < -0.4 is 10.1 Å². The molecule has 4 nitrogen and oxygen atoms in total. The molecule has 1 saturated carbocycles. The molecule has 22 heavy (non-hydrogen) atoms. The third-order valence-corrected chi connectivity index (χ3v) is 3.59. The maximum Gasteiger partial charge on any atom is 0.422 e. The molecule has 0 aliphatic heterocycles. The van der Waals surface area contributed by atoms with E-state index in [0.717, 1.165) is 12.8 Å². The van der Waals surface area contributed by atoms with Crippen molar-refractivity contribution in [3.8, 4) is 5.75 Å². The first-order valence-corrected chi connectivity index (χ1v) is 7.06. The van der Waals surface area contributed by atoms with Crippen LogP contribution in [-0.2, 0) is 4.79 Å². The quantitative estimate of drug-likeness (QED) is 0.877. The van der Waals surface area contributed by atoms with Crippen LogP contribution in [0.25, 0.3) is 0 Å². The van der Waals surface area contributed by atoms with Gasteiger partial charge in [0.25, 0.3) is 0 Å². The molecule has 0 bridgehead atoms. The van der Waals surface area contributed by atoms with Crippen LogP contribution in [0.2, 0.25) is 0 Å². The van der Waals surface area contributed by atoms with Crippen molar-refractivity contribution in [2.45, 2.75) is 32.0 Å². The second-order valence-electron chi connectivity index (χ2n) is 5.42. The molecule has 2 rings (SSSR count). The lowest BCUT2D eigenvalue weighted by atomic mass is 10.2. The van der Waals surface area contributed by atoms with E-state index in [4.69, 9.17) is 4.74 Å². The number of ether oxygens (including phenoxy) is 1. The summed E-state index contributed by atoms with van der Waals surface area (Å²) in [7, 11) is 1.76. The normalized spacial score (nSPS) is 14.6. The van der Waals surface area contributed by atoms with E-state index in [1.165, 1.54) is 6.07 Å². The molecule has 0 radical (unpaired) electrons. The highest BCUT2D eigenvalue weighted by Crippen LogP contribution is 2.28. The predicted octanol–water partition coefficient (Wildman–Crippen LogP) is 2.97. The molecule has 1 aliphatic rings. The molecule has 122 valence electrons. The second-order valence-corrected chi connectivity index (χ2v) is 5.42. The monoisotopic (exact) mass is 316 g/mol. The molecule has 1 N–H and O–H groups in total. The van der Waals surface area contributed by atoms with Crippen molar-refractivity contribution >= 4 is 11.6 Å². The van der Waals surface area contributed by atoms with E-state index in [-0.39, 0.29) is 18.2 Å². The Hall–Kier alpha value is -1.92.